The Balaban J connectivity index is 1.65. The van der Waals surface area contributed by atoms with Gasteiger partial charge in [-0.2, -0.15) is 0 Å². The molecule has 0 bridgehead atoms. The third kappa shape index (κ3) is 4.35. The zero-order valence-electron chi connectivity index (χ0n) is 15.5. The summed E-state index contributed by atoms with van der Waals surface area (Å²) in [4.78, 5) is 37.9. The van der Waals surface area contributed by atoms with Gasteiger partial charge in [0.05, 0.1) is 0 Å². The Morgan fingerprint density at radius 2 is 2.19 bits per heavy atom. The molecule has 8 nitrogen and oxygen atoms in total. The first kappa shape index (κ1) is 19.5. The van der Waals surface area contributed by atoms with E-state index in [-0.39, 0.29) is 24.3 Å². The van der Waals surface area contributed by atoms with Gasteiger partial charge < -0.3 is 20.7 Å². The number of fused-ring (bicyclic) bond motifs is 1. The van der Waals surface area contributed by atoms with Crippen LogP contribution in [0.4, 0.5) is 0 Å². The van der Waals surface area contributed by atoms with Crippen molar-refractivity contribution in [2.45, 2.75) is 44.4 Å². The van der Waals surface area contributed by atoms with Gasteiger partial charge in [0.2, 0.25) is 11.8 Å². The maximum atomic E-state index is 12.8. The lowest BCUT2D eigenvalue weighted by Gasteiger charge is -2.29. The van der Waals surface area contributed by atoms with Gasteiger partial charge in [0.15, 0.2) is 0 Å². The number of piperidine rings is 1. The monoisotopic (exact) mass is 374 g/mol. The van der Waals surface area contributed by atoms with Crippen LogP contribution < -0.4 is 16.4 Å². The second-order valence-electron chi connectivity index (χ2n) is 7.02. The number of nitrogens with zero attached hydrogens (tertiary/aromatic N) is 1. The highest BCUT2D eigenvalue weighted by Gasteiger charge is 2.39. The van der Waals surface area contributed by atoms with Gasteiger partial charge in [-0.3, -0.25) is 19.7 Å². The average Bonchev–Trinajstić information content (AvgIpc) is 2.98. The molecular formula is C19H26N4O4. The van der Waals surface area contributed by atoms with Gasteiger partial charge in [0.1, 0.15) is 6.04 Å². The topological polar surface area (TPSA) is 114 Å². The molecule has 3 amide bonds. The number of carbonyl (C=O) groups excluding carboxylic acids is 3. The fraction of sp³-hybridized carbons (Fsp3) is 0.526. The number of nitrogens with two attached hydrogens (primary N) is 1. The molecule has 2 aliphatic heterocycles. The van der Waals surface area contributed by atoms with Crippen molar-refractivity contribution in [2.75, 3.05) is 20.3 Å². The zero-order chi connectivity index (χ0) is 19.4. The van der Waals surface area contributed by atoms with Gasteiger partial charge in [-0.25, -0.2) is 0 Å². The van der Waals surface area contributed by atoms with Crippen molar-refractivity contribution in [3.63, 3.8) is 0 Å². The standard InChI is InChI=1S/C19H26N4O4/c1-27-8-7-13(20)10-21-9-12-3-2-4-14-15(12)11-23(19(14)26)16-5-6-17(24)22-18(16)25/h2-4,13,16,21H,5-11,20H2,1H3,(H,22,24,25). The van der Waals surface area contributed by atoms with E-state index in [0.29, 0.717) is 38.2 Å². The second-order valence-corrected chi connectivity index (χ2v) is 7.02. The molecule has 0 saturated carbocycles. The van der Waals surface area contributed by atoms with E-state index in [0.717, 1.165) is 17.5 Å². The molecule has 0 aromatic heterocycles. The normalized spacial score (nSPS) is 20.6. The maximum Gasteiger partial charge on any atom is 0.255 e. The number of rotatable bonds is 8. The fourth-order valence-corrected chi connectivity index (χ4v) is 3.58. The summed E-state index contributed by atoms with van der Waals surface area (Å²) in [5.74, 6) is -0.829. The molecule has 2 heterocycles. The molecule has 1 aromatic carbocycles. The molecule has 0 spiro atoms. The van der Waals surface area contributed by atoms with Crippen LogP contribution in [0.3, 0.4) is 0 Å². The molecule has 2 aliphatic rings. The van der Waals surface area contributed by atoms with Crippen LogP contribution >= 0.6 is 0 Å². The number of amides is 3. The first-order valence-corrected chi connectivity index (χ1v) is 9.22. The lowest BCUT2D eigenvalue weighted by Crippen LogP contribution is -2.52. The van der Waals surface area contributed by atoms with Crippen molar-refractivity contribution in [3.05, 3.63) is 34.9 Å². The van der Waals surface area contributed by atoms with Crippen molar-refractivity contribution in [2.24, 2.45) is 5.73 Å². The minimum atomic E-state index is -0.592. The third-order valence-electron chi connectivity index (χ3n) is 5.09. The van der Waals surface area contributed by atoms with Crippen molar-refractivity contribution in [1.82, 2.24) is 15.5 Å². The van der Waals surface area contributed by atoms with Crippen LogP contribution in [0, 0.1) is 0 Å². The molecular weight excluding hydrogens is 348 g/mol. The summed E-state index contributed by atoms with van der Waals surface area (Å²) in [5.41, 5.74) is 8.61. The van der Waals surface area contributed by atoms with Gasteiger partial charge >= 0.3 is 0 Å². The van der Waals surface area contributed by atoms with E-state index >= 15 is 0 Å². The van der Waals surface area contributed by atoms with Crippen molar-refractivity contribution < 1.29 is 19.1 Å². The Kier molecular flexibility index (Phi) is 6.20. The molecule has 4 N–H and O–H groups in total. The minimum absolute atomic E-state index is 0.00307. The summed E-state index contributed by atoms with van der Waals surface area (Å²) in [5, 5.41) is 5.65. The first-order valence-electron chi connectivity index (χ1n) is 9.22. The van der Waals surface area contributed by atoms with Gasteiger partial charge in [-0.15, -0.1) is 0 Å². The van der Waals surface area contributed by atoms with E-state index in [1.165, 1.54) is 0 Å². The number of hydrogen-bond donors (Lipinski definition) is 3. The fourth-order valence-electron chi connectivity index (χ4n) is 3.58. The van der Waals surface area contributed by atoms with E-state index in [9.17, 15) is 14.4 Å². The highest BCUT2D eigenvalue weighted by atomic mass is 16.5. The van der Waals surface area contributed by atoms with E-state index in [2.05, 4.69) is 10.6 Å². The Bertz CT molecular complexity index is 736. The summed E-state index contributed by atoms with van der Waals surface area (Å²) in [7, 11) is 1.65. The van der Waals surface area contributed by atoms with Crippen molar-refractivity contribution in [3.8, 4) is 0 Å². The Morgan fingerprint density at radius 1 is 1.37 bits per heavy atom. The maximum absolute atomic E-state index is 12.8. The Morgan fingerprint density at radius 3 is 2.93 bits per heavy atom. The largest absolute Gasteiger partial charge is 0.385 e. The molecule has 0 aliphatic carbocycles. The molecule has 8 heteroatoms. The molecule has 2 atom stereocenters. The van der Waals surface area contributed by atoms with Crippen molar-refractivity contribution in [1.29, 1.82) is 0 Å². The van der Waals surface area contributed by atoms with E-state index in [1.54, 1.807) is 18.1 Å². The van der Waals surface area contributed by atoms with Gasteiger partial charge in [-0.1, -0.05) is 12.1 Å². The lowest BCUT2D eigenvalue weighted by molar-refractivity contribution is -0.136. The number of carbonyl (C=O) groups is 3. The third-order valence-corrected chi connectivity index (χ3v) is 5.09. The molecule has 0 radical (unpaired) electrons. The van der Waals surface area contributed by atoms with E-state index < -0.39 is 11.9 Å². The Hall–Kier alpha value is -2.29. The highest BCUT2D eigenvalue weighted by molar-refractivity contribution is 6.05. The average molecular weight is 374 g/mol. The lowest BCUT2D eigenvalue weighted by atomic mass is 10.0. The molecule has 1 saturated heterocycles. The van der Waals surface area contributed by atoms with Crippen LogP contribution in [0.5, 0.6) is 0 Å². The molecule has 3 rings (SSSR count). The van der Waals surface area contributed by atoms with Crippen LogP contribution in [0.25, 0.3) is 0 Å². The molecule has 27 heavy (non-hydrogen) atoms. The van der Waals surface area contributed by atoms with Gasteiger partial charge in [-0.05, 0) is 30.0 Å². The zero-order valence-corrected chi connectivity index (χ0v) is 15.5. The highest BCUT2D eigenvalue weighted by Crippen LogP contribution is 2.29. The number of benzene rings is 1. The summed E-state index contributed by atoms with van der Waals surface area (Å²) in [6.45, 7) is 2.26. The molecule has 1 fully saturated rings. The summed E-state index contributed by atoms with van der Waals surface area (Å²) in [6.07, 6.45) is 1.40. The molecule has 146 valence electrons. The van der Waals surface area contributed by atoms with Gasteiger partial charge in [0, 0.05) is 51.4 Å². The predicted octanol–water partition coefficient (Wildman–Crippen LogP) is -0.0990. The Labute approximate surface area is 158 Å². The second kappa shape index (κ2) is 8.60. The number of hydrogen-bond acceptors (Lipinski definition) is 6. The van der Waals surface area contributed by atoms with E-state index in [1.807, 2.05) is 12.1 Å². The van der Waals surface area contributed by atoms with Gasteiger partial charge in [0.25, 0.3) is 5.91 Å². The number of nitrogens with one attached hydrogen (secondary N) is 2. The number of ether oxygens (including phenoxy) is 1. The molecule has 2 unspecified atom stereocenters. The summed E-state index contributed by atoms with van der Waals surface area (Å²) < 4.78 is 5.03. The summed E-state index contributed by atoms with van der Waals surface area (Å²) >= 11 is 0. The number of imide groups is 1. The predicted molar refractivity (Wildman–Crippen MR) is 98.7 cm³/mol. The minimum Gasteiger partial charge on any atom is -0.385 e. The van der Waals surface area contributed by atoms with Crippen LogP contribution in [0.1, 0.15) is 40.7 Å². The van der Waals surface area contributed by atoms with Crippen LogP contribution in [0.2, 0.25) is 0 Å². The number of methoxy groups -OCH3 is 1. The van der Waals surface area contributed by atoms with E-state index in [4.69, 9.17) is 10.5 Å². The van der Waals surface area contributed by atoms with Crippen molar-refractivity contribution >= 4 is 17.7 Å². The summed E-state index contributed by atoms with van der Waals surface area (Å²) in [6, 6.07) is 5.03. The SMILES string of the molecule is COCCC(N)CNCc1cccc2c1CN(C1CCC(=O)NC1=O)C2=O. The smallest absolute Gasteiger partial charge is 0.255 e. The first-order chi connectivity index (χ1) is 13.0. The van der Waals surface area contributed by atoms with Crippen LogP contribution in [-0.4, -0.2) is 55.0 Å². The van der Waals surface area contributed by atoms with Crippen LogP contribution in [-0.2, 0) is 27.4 Å². The quantitative estimate of drug-likeness (QED) is 0.548. The molecule has 1 aromatic rings. The van der Waals surface area contributed by atoms with Crippen LogP contribution in [0.15, 0.2) is 18.2 Å².